The second-order valence-corrected chi connectivity index (χ2v) is 7.50. The number of hydrogen-bond acceptors (Lipinski definition) is 4. The van der Waals surface area contributed by atoms with Crippen molar-refractivity contribution >= 4 is 16.1 Å². The molecule has 0 spiro atoms. The van der Waals surface area contributed by atoms with Crippen LogP contribution < -0.4 is 0 Å². The second-order valence-electron chi connectivity index (χ2n) is 5.93. The molecule has 1 atom stereocenters. The van der Waals surface area contributed by atoms with E-state index >= 15 is 0 Å². The van der Waals surface area contributed by atoms with Crippen molar-refractivity contribution in [2.24, 2.45) is 0 Å². The van der Waals surface area contributed by atoms with Gasteiger partial charge in [0.1, 0.15) is 0 Å². The van der Waals surface area contributed by atoms with Gasteiger partial charge in [0.05, 0.1) is 24.9 Å². The molecule has 0 saturated heterocycles. The second kappa shape index (κ2) is 9.27. The predicted octanol–water partition coefficient (Wildman–Crippen LogP) is 2.37. The Balaban J connectivity index is 5.11. The first-order chi connectivity index (χ1) is 10.1. The van der Waals surface area contributed by atoms with Crippen molar-refractivity contribution in [3.8, 4) is 0 Å². The molecule has 0 aromatic heterocycles. The highest BCUT2D eigenvalue weighted by Gasteiger charge is 2.34. The Bertz CT molecular complexity index is 466. The molecular formula is C15H30NO5S+. The number of esters is 1. The summed E-state index contributed by atoms with van der Waals surface area (Å²) >= 11 is 0. The van der Waals surface area contributed by atoms with Crippen molar-refractivity contribution in [1.29, 1.82) is 0 Å². The molecule has 0 aliphatic heterocycles. The number of carbonyl (C=O) groups excluding carboxylic acids is 1. The largest absolute Gasteiger partial charge is 0.412 e. The van der Waals surface area contributed by atoms with Crippen molar-refractivity contribution in [3.05, 3.63) is 12.2 Å². The summed E-state index contributed by atoms with van der Waals surface area (Å²) in [4.78, 5) is 11.7. The zero-order valence-corrected chi connectivity index (χ0v) is 15.0. The fourth-order valence-electron chi connectivity index (χ4n) is 2.60. The van der Waals surface area contributed by atoms with E-state index in [-0.39, 0.29) is 18.5 Å². The lowest BCUT2D eigenvalue weighted by Crippen LogP contribution is -2.57. The topological polar surface area (TPSA) is 80.7 Å². The number of ether oxygens (including phenoxy) is 1. The number of nitrogens with zero attached hydrogens (tertiary/aromatic N) is 1. The van der Waals surface area contributed by atoms with E-state index in [9.17, 15) is 13.2 Å². The molecule has 0 amide bonds. The molecule has 0 rings (SSSR count). The summed E-state index contributed by atoms with van der Waals surface area (Å²) in [6.45, 7) is 12.9. The van der Waals surface area contributed by atoms with E-state index < -0.39 is 16.1 Å². The van der Waals surface area contributed by atoms with Crippen LogP contribution in [0.3, 0.4) is 0 Å². The third-order valence-corrected chi connectivity index (χ3v) is 4.62. The van der Waals surface area contributed by atoms with Crippen LogP contribution in [0.4, 0.5) is 0 Å². The molecule has 130 valence electrons. The van der Waals surface area contributed by atoms with Gasteiger partial charge in [0.25, 0.3) is 10.1 Å². The molecular weight excluding hydrogens is 306 g/mol. The van der Waals surface area contributed by atoms with Crippen molar-refractivity contribution in [2.75, 3.05) is 25.6 Å². The van der Waals surface area contributed by atoms with Crippen LogP contribution in [0.15, 0.2) is 12.2 Å². The number of rotatable bonds is 11. The maximum atomic E-state index is 11.7. The van der Waals surface area contributed by atoms with Crippen LogP contribution in [0, 0.1) is 0 Å². The van der Waals surface area contributed by atoms with Crippen LogP contribution in [-0.4, -0.2) is 55.0 Å². The van der Waals surface area contributed by atoms with Gasteiger partial charge in [0, 0.05) is 12.0 Å². The monoisotopic (exact) mass is 336 g/mol. The molecule has 0 saturated carbocycles. The van der Waals surface area contributed by atoms with E-state index in [4.69, 9.17) is 9.29 Å². The molecule has 0 aromatic carbocycles. The van der Waals surface area contributed by atoms with Crippen LogP contribution in [0.2, 0.25) is 0 Å². The maximum absolute atomic E-state index is 11.7. The lowest BCUT2D eigenvalue weighted by atomic mass is 10.1. The number of hydrogen-bond donors (Lipinski definition) is 1. The molecule has 7 heteroatoms. The van der Waals surface area contributed by atoms with E-state index in [0.29, 0.717) is 16.5 Å². The molecule has 0 aromatic rings. The van der Waals surface area contributed by atoms with Gasteiger partial charge in [0.2, 0.25) is 6.73 Å². The van der Waals surface area contributed by atoms with E-state index in [1.54, 1.807) is 6.92 Å². The van der Waals surface area contributed by atoms with E-state index in [1.165, 1.54) is 0 Å². The van der Waals surface area contributed by atoms with E-state index in [0.717, 1.165) is 25.9 Å². The summed E-state index contributed by atoms with van der Waals surface area (Å²) in [6, 6.07) is -0.0419. The lowest BCUT2D eigenvalue weighted by Gasteiger charge is -2.42. The summed E-state index contributed by atoms with van der Waals surface area (Å²) in [7, 11) is -3.99. The van der Waals surface area contributed by atoms with Gasteiger partial charge in [0.15, 0.2) is 0 Å². The van der Waals surface area contributed by atoms with Gasteiger partial charge in [-0.3, -0.25) is 9.04 Å². The summed E-state index contributed by atoms with van der Waals surface area (Å²) < 4.78 is 36.8. The molecule has 1 N–H and O–H groups in total. The summed E-state index contributed by atoms with van der Waals surface area (Å²) in [6.07, 6.45) is 2.10. The van der Waals surface area contributed by atoms with Crippen molar-refractivity contribution < 1.29 is 27.0 Å². The smallest absolute Gasteiger partial charge is 0.337 e. The predicted molar refractivity (Wildman–Crippen MR) is 86.8 cm³/mol. The Kier molecular flexibility index (Phi) is 8.88. The molecule has 0 aliphatic carbocycles. The van der Waals surface area contributed by atoms with E-state index in [2.05, 4.69) is 6.58 Å². The van der Waals surface area contributed by atoms with Gasteiger partial charge in [-0.05, 0) is 26.7 Å². The van der Waals surface area contributed by atoms with Crippen molar-refractivity contribution in [2.45, 2.75) is 53.0 Å². The Morgan fingerprint density at radius 3 is 2.14 bits per heavy atom. The Labute approximate surface area is 134 Å². The average molecular weight is 336 g/mol. The number of quaternary nitrogens is 1. The molecule has 0 bridgehead atoms. The molecule has 1 unspecified atom stereocenters. The highest BCUT2D eigenvalue weighted by molar-refractivity contribution is 7.85. The molecule has 0 radical (unpaired) electrons. The minimum absolute atomic E-state index is 0.0419. The van der Waals surface area contributed by atoms with E-state index in [1.807, 2.05) is 20.8 Å². The highest BCUT2D eigenvalue weighted by Crippen LogP contribution is 2.20. The van der Waals surface area contributed by atoms with Crippen molar-refractivity contribution in [3.63, 3.8) is 0 Å². The van der Waals surface area contributed by atoms with Gasteiger partial charge in [-0.15, -0.1) is 0 Å². The van der Waals surface area contributed by atoms with Gasteiger partial charge in [-0.2, -0.15) is 8.42 Å². The van der Waals surface area contributed by atoms with Gasteiger partial charge >= 0.3 is 5.97 Å². The van der Waals surface area contributed by atoms with Crippen molar-refractivity contribution in [1.82, 2.24) is 0 Å². The minimum atomic E-state index is -3.99. The average Bonchev–Trinajstić information content (AvgIpc) is 2.41. The summed E-state index contributed by atoms with van der Waals surface area (Å²) in [5.41, 5.74) is 0.344. The van der Waals surface area contributed by atoms with Crippen LogP contribution >= 0.6 is 0 Å². The van der Waals surface area contributed by atoms with Gasteiger partial charge in [-0.25, -0.2) is 4.79 Å². The first-order valence-corrected chi connectivity index (χ1v) is 9.32. The van der Waals surface area contributed by atoms with Crippen LogP contribution in [-0.2, 0) is 19.6 Å². The first-order valence-electron chi connectivity index (χ1n) is 7.71. The molecule has 0 aliphatic rings. The molecule has 22 heavy (non-hydrogen) atoms. The Morgan fingerprint density at radius 1 is 1.27 bits per heavy atom. The third-order valence-electron chi connectivity index (χ3n) is 3.87. The van der Waals surface area contributed by atoms with Crippen LogP contribution in [0.1, 0.15) is 47.0 Å². The minimum Gasteiger partial charge on any atom is -0.412 e. The van der Waals surface area contributed by atoms with Gasteiger partial charge < -0.3 is 4.74 Å². The fourth-order valence-corrected chi connectivity index (χ4v) is 3.24. The molecule has 0 fully saturated rings. The van der Waals surface area contributed by atoms with Crippen LogP contribution in [0.5, 0.6) is 0 Å². The number of carbonyl (C=O) groups is 1. The lowest BCUT2D eigenvalue weighted by molar-refractivity contribution is -0.964. The molecule has 0 heterocycles. The summed E-state index contributed by atoms with van der Waals surface area (Å²) in [5, 5.41) is 0. The SMILES string of the molecule is C=C(C)C(=O)OC[N+](CCC)(CCC)C(C)CCS(=O)(=O)O. The standard InChI is InChI=1S/C15H29NO5S/c1-6-9-16(10-7-2,12-21-15(17)13(3)4)14(5)8-11-22(18,19)20/h14H,3,6-12H2,1-2,4-5H3/p+1. The third kappa shape index (κ3) is 7.38. The first kappa shape index (κ1) is 21.1. The molecule has 6 nitrogen and oxygen atoms in total. The Morgan fingerprint density at radius 2 is 1.77 bits per heavy atom. The zero-order valence-electron chi connectivity index (χ0n) is 14.2. The Hall–Kier alpha value is -0.920. The van der Waals surface area contributed by atoms with Crippen LogP contribution in [0.25, 0.3) is 0 Å². The summed E-state index contributed by atoms with van der Waals surface area (Å²) in [5.74, 6) is -0.715. The zero-order chi connectivity index (χ0) is 17.4. The maximum Gasteiger partial charge on any atom is 0.337 e. The highest BCUT2D eigenvalue weighted by atomic mass is 32.2. The quantitative estimate of drug-likeness (QED) is 0.206. The van der Waals surface area contributed by atoms with Gasteiger partial charge in [-0.1, -0.05) is 20.4 Å². The fraction of sp³-hybridized carbons (Fsp3) is 0.800. The normalized spacial score (nSPS) is 13.7.